The number of carbonyl (C=O) groups excluding carboxylic acids is 1. The molecule has 0 saturated heterocycles. The van der Waals surface area contributed by atoms with Crippen LogP contribution >= 0.6 is 0 Å². The zero-order chi connectivity index (χ0) is 26.9. The van der Waals surface area contributed by atoms with E-state index in [1.807, 2.05) is 0 Å². The van der Waals surface area contributed by atoms with Crippen molar-refractivity contribution in [3.05, 3.63) is 89.7 Å². The van der Waals surface area contributed by atoms with Crippen molar-refractivity contribution in [2.24, 2.45) is 0 Å². The maximum atomic E-state index is 12.3. The van der Waals surface area contributed by atoms with Crippen molar-refractivity contribution < 1.29 is 34.8 Å². The molecule has 1 aromatic heterocycles. The van der Waals surface area contributed by atoms with E-state index in [4.69, 9.17) is 0 Å². The quantitative estimate of drug-likeness (QED) is 0.272. The number of benzene rings is 2. The lowest BCUT2D eigenvalue weighted by Gasteiger charge is -2.34. The van der Waals surface area contributed by atoms with Crippen LogP contribution in [0.5, 0.6) is 11.5 Å². The van der Waals surface area contributed by atoms with Crippen LogP contribution in [-0.2, 0) is 14.4 Å². The van der Waals surface area contributed by atoms with Crippen LogP contribution in [0.15, 0.2) is 72.9 Å². The van der Waals surface area contributed by atoms with Gasteiger partial charge in [-0.3, -0.25) is 29.2 Å². The highest BCUT2D eigenvalue weighted by atomic mass is 16.4. The van der Waals surface area contributed by atoms with E-state index in [0.29, 0.717) is 11.3 Å². The molecule has 0 bridgehead atoms. The minimum Gasteiger partial charge on any atom is -0.508 e. The van der Waals surface area contributed by atoms with Gasteiger partial charge in [0.05, 0.1) is 24.8 Å². The number of para-hydroxylation sites is 2. The van der Waals surface area contributed by atoms with Gasteiger partial charge >= 0.3 is 11.9 Å². The molecule has 37 heavy (non-hydrogen) atoms. The second kappa shape index (κ2) is 12.6. The Hall–Kier alpha value is -4.28. The number of hydrogen-bond donors (Lipinski definition) is 4. The largest absolute Gasteiger partial charge is 0.508 e. The lowest BCUT2D eigenvalue weighted by Crippen LogP contribution is -2.44. The number of hydrogen-bond acceptors (Lipinski definition) is 8. The Bertz CT molecular complexity index is 1240. The van der Waals surface area contributed by atoms with E-state index in [9.17, 15) is 34.8 Å². The lowest BCUT2D eigenvalue weighted by molar-refractivity contribution is -0.145. The molecule has 0 aliphatic carbocycles. The fourth-order valence-corrected chi connectivity index (χ4v) is 4.32. The second-order valence-electron chi connectivity index (χ2n) is 8.55. The van der Waals surface area contributed by atoms with E-state index < -0.39 is 30.6 Å². The van der Waals surface area contributed by atoms with Gasteiger partial charge in [0.2, 0.25) is 0 Å². The number of carboxylic acid groups (broad SMARTS) is 2. The molecule has 3 aromatic rings. The average molecular weight is 508 g/mol. The van der Waals surface area contributed by atoms with E-state index in [1.165, 1.54) is 30.0 Å². The van der Waals surface area contributed by atoms with Gasteiger partial charge < -0.3 is 20.4 Å². The molecule has 0 spiro atoms. The van der Waals surface area contributed by atoms with Gasteiger partial charge in [0.1, 0.15) is 23.3 Å². The van der Waals surface area contributed by atoms with Gasteiger partial charge in [-0.2, -0.15) is 0 Å². The number of phenolic OH excluding ortho intramolecular Hbond substituents is 2. The topological polar surface area (TPSA) is 152 Å². The van der Waals surface area contributed by atoms with Crippen molar-refractivity contribution in [2.45, 2.75) is 19.0 Å². The van der Waals surface area contributed by atoms with Crippen molar-refractivity contribution in [3.63, 3.8) is 0 Å². The van der Waals surface area contributed by atoms with Gasteiger partial charge in [0.15, 0.2) is 0 Å². The predicted molar refractivity (Wildman–Crippen MR) is 134 cm³/mol. The minimum absolute atomic E-state index is 0.00648. The summed E-state index contributed by atoms with van der Waals surface area (Å²) in [4.78, 5) is 43.6. The van der Waals surface area contributed by atoms with Crippen molar-refractivity contribution in [2.75, 3.05) is 26.2 Å². The van der Waals surface area contributed by atoms with Gasteiger partial charge in [-0.15, -0.1) is 0 Å². The van der Waals surface area contributed by atoms with Gasteiger partial charge in [-0.05, 0) is 31.2 Å². The van der Waals surface area contributed by atoms with E-state index >= 15 is 0 Å². The smallest absolute Gasteiger partial charge is 0.325 e. The molecule has 3 rings (SSSR count). The number of ketones is 1. The first-order chi connectivity index (χ1) is 17.7. The summed E-state index contributed by atoms with van der Waals surface area (Å²) in [6.45, 7) is 0.612. The number of Topliss-reactive ketones (excluding diaryl/α,β-unsaturated/α-hetero) is 1. The molecule has 0 aliphatic rings. The van der Waals surface area contributed by atoms with Crippen molar-refractivity contribution in [1.82, 2.24) is 14.8 Å². The molecule has 0 radical (unpaired) electrons. The highest BCUT2D eigenvalue weighted by Gasteiger charge is 2.33. The standard InChI is InChI=1S/C27H29N3O7/c1-18(31)16-29(26(27(36)37)20-9-3-5-12-23(20)33)14-15-30(17-24(34)35)25(21-10-6-7-13-28-21)19-8-2-4-11-22(19)32/h2-13,25-26,32-33H,14-17H2,1H3,(H,34,35)(H,36,37). The van der Waals surface area contributed by atoms with E-state index in [2.05, 4.69) is 4.98 Å². The Morgan fingerprint density at radius 1 is 0.784 bits per heavy atom. The van der Waals surface area contributed by atoms with Crippen LogP contribution in [0.3, 0.4) is 0 Å². The monoisotopic (exact) mass is 507 g/mol. The highest BCUT2D eigenvalue weighted by molar-refractivity contribution is 5.80. The summed E-state index contributed by atoms with van der Waals surface area (Å²) in [5.41, 5.74) is 1.03. The molecule has 0 aliphatic heterocycles. The molecule has 0 fully saturated rings. The molecular weight excluding hydrogens is 478 g/mol. The molecule has 10 nitrogen and oxygen atoms in total. The first kappa shape index (κ1) is 27.3. The first-order valence-electron chi connectivity index (χ1n) is 11.6. The third-order valence-electron chi connectivity index (χ3n) is 5.83. The maximum Gasteiger partial charge on any atom is 0.325 e. The maximum absolute atomic E-state index is 12.3. The number of pyridine rings is 1. The molecule has 0 amide bonds. The molecule has 2 unspecified atom stereocenters. The van der Waals surface area contributed by atoms with Crippen molar-refractivity contribution >= 4 is 17.7 Å². The van der Waals surface area contributed by atoms with Crippen LogP contribution in [0.25, 0.3) is 0 Å². The average Bonchev–Trinajstić information content (AvgIpc) is 2.84. The third-order valence-corrected chi connectivity index (χ3v) is 5.83. The summed E-state index contributed by atoms with van der Waals surface area (Å²) in [6, 6.07) is 15.5. The van der Waals surface area contributed by atoms with Gasteiger partial charge in [0, 0.05) is 30.4 Å². The summed E-state index contributed by atoms with van der Waals surface area (Å²) >= 11 is 0. The molecule has 194 valence electrons. The summed E-state index contributed by atoms with van der Waals surface area (Å²) in [5, 5.41) is 40.7. The predicted octanol–water partition coefficient (Wildman–Crippen LogP) is 2.69. The van der Waals surface area contributed by atoms with Crippen LogP contribution in [0.2, 0.25) is 0 Å². The summed E-state index contributed by atoms with van der Waals surface area (Å²) < 4.78 is 0. The zero-order valence-electron chi connectivity index (χ0n) is 20.3. The first-order valence-corrected chi connectivity index (χ1v) is 11.6. The van der Waals surface area contributed by atoms with E-state index in [1.54, 1.807) is 59.6 Å². The Morgan fingerprint density at radius 3 is 1.86 bits per heavy atom. The number of rotatable bonds is 13. The van der Waals surface area contributed by atoms with Crippen LogP contribution in [0.1, 0.15) is 35.8 Å². The fraction of sp³-hybridized carbons (Fsp3) is 0.259. The third kappa shape index (κ3) is 7.12. The molecule has 2 atom stereocenters. The minimum atomic E-state index is -1.35. The van der Waals surface area contributed by atoms with Crippen molar-refractivity contribution in [3.8, 4) is 11.5 Å². The number of carbonyl (C=O) groups is 3. The highest BCUT2D eigenvalue weighted by Crippen LogP contribution is 2.34. The van der Waals surface area contributed by atoms with Gasteiger partial charge in [-0.25, -0.2) is 0 Å². The number of aromatic hydroxyl groups is 2. The number of phenols is 2. The molecule has 1 heterocycles. The van der Waals surface area contributed by atoms with Gasteiger partial charge in [-0.1, -0.05) is 42.5 Å². The Morgan fingerprint density at radius 2 is 1.35 bits per heavy atom. The number of nitrogens with zero attached hydrogens (tertiary/aromatic N) is 3. The molecule has 4 N–H and O–H groups in total. The fourth-order valence-electron chi connectivity index (χ4n) is 4.32. The Labute approximate surface area is 214 Å². The summed E-state index contributed by atoms with van der Waals surface area (Å²) in [7, 11) is 0. The van der Waals surface area contributed by atoms with E-state index in [-0.39, 0.29) is 42.5 Å². The van der Waals surface area contributed by atoms with Gasteiger partial charge in [0.25, 0.3) is 0 Å². The normalized spacial score (nSPS) is 12.8. The Kier molecular flexibility index (Phi) is 9.31. The zero-order valence-corrected chi connectivity index (χ0v) is 20.3. The van der Waals surface area contributed by atoms with Crippen molar-refractivity contribution in [1.29, 1.82) is 0 Å². The number of aliphatic carboxylic acids is 2. The summed E-state index contributed by atoms with van der Waals surface area (Å²) in [6.07, 6.45) is 1.56. The van der Waals surface area contributed by atoms with Crippen LogP contribution < -0.4 is 0 Å². The number of aromatic nitrogens is 1. The second-order valence-corrected chi connectivity index (χ2v) is 8.55. The Balaban J connectivity index is 2.02. The summed E-state index contributed by atoms with van der Waals surface area (Å²) in [5.74, 6) is -2.98. The molecule has 10 heteroatoms. The van der Waals surface area contributed by atoms with E-state index in [0.717, 1.165) is 0 Å². The molecule has 0 saturated carbocycles. The lowest BCUT2D eigenvalue weighted by atomic mass is 9.99. The SMILES string of the molecule is CC(=O)CN(CCN(CC(=O)O)C(c1ccccn1)c1ccccc1O)C(C(=O)O)c1ccccc1O. The van der Waals surface area contributed by atoms with Crippen LogP contribution in [0.4, 0.5) is 0 Å². The van der Waals surface area contributed by atoms with Crippen LogP contribution in [0, 0.1) is 0 Å². The number of carboxylic acids is 2. The molecule has 2 aromatic carbocycles. The van der Waals surface area contributed by atoms with Crippen LogP contribution in [-0.4, -0.2) is 79.1 Å². The molecular formula is C27H29N3O7.